The third-order valence-corrected chi connectivity index (χ3v) is 4.01. The van der Waals surface area contributed by atoms with E-state index >= 15 is 0 Å². The molecule has 0 bridgehead atoms. The maximum atomic E-state index is 11.8. The molecule has 0 saturated carbocycles. The molecule has 3 amide bonds. The summed E-state index contributed by atoms with van der Waals surface area (Å²) in [5.41, 5.74) is 1.65. The molecule has 1 aliphatic heterocycles. The van der Waals surface area contributed by atoms with E-state index in [1.165, 1.54) is 7.05 Å². The third kappa shape index (κ3) is 3.68. The number of fused-ring (bicyclic) bond motifs is 1. The molecule has 1 aromatic carbocycles. The van der Waals surface area contributed by atoms with Crippen molar-refractivity contribution in [3.63, 3.8) is 0 Å². The van der Waals surface area contributed by atoms with Gasteiger partial charge in [0.1, 0.15) is 5.52 Å². The zero-order valence-electron chi connectivity index (χ0n) is 13.0. The average Bonchev–Trinajstić information content (AvgIpc) is 2.99. The first kappa shape index (κ1) is 15.5. The monoisotopic (exact) mass is 316 g/mol. The van der Waals surface area contributed by atoms with Crippen molar-refractivity contribution in [2.24, 2.45) is 0 Å². The van der Waals surface area contributed by atoms with E-state index in [0.29, 0.717) is 6.54 Å². The third-order valence-electron chi connectivity index (χ3n) is 4.01. The number of amides is 3. The summed E-state index contributed by atoms with van der Waals surface area (Å²) in [6, 6.07) is 7.21. The number of oxazole rings is 1. The molecule has 0 aliphatic carbocycles. The number of hydrogen-bond donors (Lipinski definition) is 2. The summed E-state index contributed by atoms with van der Waals surface area (Å²) in [5, 5.41) is 4.65. The number of rotatable bonds is 3. The van der Waals surface area contributed by atoms with Crippen molar-refractivity contribution in [3.8, 4) is 0 Å². The molecule has 1 aromatic heterocycles. The van der Waals surface area contributed by atoms with Crippen molar-refractivity contribution in [1.82, 2.24) is 20.5 Å². The Balaban J connectivity index is 1.63. The summed E-state index contributed by atoms with van der Waals surface area (Å²) in [4.78, 5) is 29.6. The van der Waals surface area contributed by atoms with E-state index in [2.05, 4.69) is 15.6 Å². The van der Waals surface area contributed by atoms with Crippen LogP contribution in [0.25, 0.3) is 11.1 Å². The summed E-state index contributed by atoms with van der Waals surface area (Å²) in [7, 11) is 1.48. The van der Waals surface area contributed by atoms with Gasteiger partial charge in [-0.25, -0.2) is 9.78 Å². The minimum absolute atomic E-state index is 0.170. The summed E-state index contributed by atoms with van der Waals surface area (Å²) < 4.78 is 5.84. The maximum absolute atomic E-state index is 11.8. The van der Waals surface area contributed by atoms with Crippen LogP contribution in [0, 0.1) is 0 Å². The van der Waals surface area contributed by atoms with Crippen molar-refractivity contribution < 1.29 is 14.0 Å². The van der Waals surface area contributed by atoms with E-state index < -0.39 is 6.03 Å². The van der Waals surface area contributed by atoms with Gasteiger partial charge in [0.15, 0.2) is 11.5 Å². The zero-order chi connectivity index (χ0) is 16.2. The molecule has 0 radical (unpaired) electrons. The SMILES string of the molecule is CNC(=O)NC(=O)CN1CCCC(c2nc3ccccc3o2)C1. The first-order chi connectivity index (χ1) is 11.2. The molecule has 7 nitrogen and oxygen atoms in total. The molecule has 7 heteroatoms. The van der Waals surface area contributed by atoms with Crippen LogP contribution in [-0.2, 0) is 4.79 Å². The van der Waals surface area contributed by atoms with Crippen molar-refractivity contribution in [3.05, 3.63) is 30.2 Å². The van der Waals surface area contributed by atoms with Gasteiger partial charge in [0, 0.05) is 19.5 Å². The van der Waals surface area contributed by atoms with Gasteiger partial charge in [0.2, 0.25) is 5.91 Å². The molecule has 122 valence electrons. The van der Waals surface area contributed by atoms with E-state index in [0.717, 1.165) is 36.4 Å². The normalized spacial score (nSPS) is 18.7. The first-order valence-corrected chi connectivity index (χ1v) is 7.75. The number of para-hydroxylation sites is 2. The molecule has 2 aromatic rings. The Morgan fingerprint density at radius 1 is 1.39 bits per heavy atom. The van der Waals surface area contributed by atoms with Crippen LogP contribution in [0.4, 0.5) is 4.79 Å². The van der Waals surface area contributed by atoms with Crippen molar-refractivity contribution >= 4 is 23.0 Å². The van der Waals surface area contributed by atoms with Gasteiger partial charge in [-0.05, 0) is 31.5 Å². The van der Waals surface area contributed by atoms with Crippen LogP contribution in [0.1, 0.15) is 24.7 Å². The van der Waals surface area contributed by atoms with E-state index in [1.807, 2.05) is 29.2 Å². The fraction of sp³-hybridized carbons (Fsp3) is 0.438. The fourth-order valence-corrected chi connectivity index (χ4v) is 2.90. The lowest BCUT2D eigenvalue weighted by atomic mass is 9.98. The Morgan fingerprint density at radius 3 is 3.00 bits per heavy atom. The number of imide groups is 1. The number of hydrogen-bond acceptors (Lipinski definition) is 5. The second kappa shape index (κ2) is 6.78. The highest BCUT2D eigenvalue weighted by Gasteiger charge is 2.26. The summed E-state index contributed by atoms with van der Waals surface area (Å²) in [6.07, 6.45) is 1.96. The number of carbonyl (C=O) groups excluding carboxylic acids is 2. The van der Waals surface area contributed by atoms with Gasteiger partial charge in [-0.2, -0.15) is 0 Å². The quantitative estimate of drug-likeness (QED) is 0.895. The van der Waals surface area contributed by atoms with Crippen molar-refractivity contribution in [1.29, 1.82) is 0 Å². The van der Waals surface area contributed by atoms with Crippen LogP contribution in [0.2, 0.25) is 0 Å². The number of benzene rings is 1. The highest BCUT2D eigenvalue weighted by Crippen LogP contribution is 2.28. The molecule has 1 atom stereocenters. The molecular weight excluding hydrogens is 296 g/mol. The predicted octanol–water partition coefficient (Wildman–Crippen LogP) is 1.46. The molecule has 1 saturated heterocycles. The van der Waals surface area contributed by atoms with Crippen LogP contribution < -0.4 is 10.6 Å². The van der Waals surface area contributed by atoms with Gasteiger partial charge in [0.05, 0.1) is 6.54 Å². The van der Waals surface area contributed by atoms with Crippen molar-refractivity contribution in [2.45, 2.75) is 18.8 Å². The Labute approximate surface area is 134 Å². The van der Waals surface area contributed by atoms with Crippen LogP contribution in [-0.4, -0.2) is 48.5 Å². The molecule has 3 rings (SSSR count). The highest BCUT2D eigenvalue weighted by molar-refractivity contribution is 5.95. The van der Waals surface area contributed by atoms with Gasteiger partial charge in [-0.3, -0.25) is 15.0 Å². The second-order valence-corrected chi connectivity index (χ2v) is 5.72. The number of carbonyl (C=O) groups is 2. The van der Waals surface area contributed by atoms with Gasteiger partial charge < -0.3 is 9.73 Å². The number of nitrogens with one attached hydrogen (secondary N) is 2. The summed E-state index contributed by atoms with van der Waals surface area (Å²) >= 11 is 0. The van der Waals surface area contributed by atoms with Crippen LogP contribution in [0.5, 0.6) is 0 Å². The molecule has 2 heterocycles. The van der Waals surface area contributed by atoms with Gasteiger partial charge in [0.25, 0.3) is 0 Å². The fourth-order valence-electron chi connectivity index (χ4n) is 2.90. The Bertz CT molecular complexity index is 679. The van der Waals surface area contributed by atoms with Crippen LogP contribution >= 0.6 is 0 Å². The lowest BCUT2D eigenvalue weighted by molar-refractivity contribution is -0.121. The molecule has 23 heavy (non-hydrogen) atoms. The Hall–Kier alpha value is -2.41. The number of likely N-dealkylation sites (tertiary alicyclic amines) is 1. The Kier molecular flexibility index (Phi) is 4.57. The molecule has 0 spiro atoms. The predicted molar refractivity (Wildman–Crippen MR) is 85.0 cm³/mol. The van der Waals surface area contributed by atoms with Gasteiger partial charge >= 0.3 is 6.03 Å². The van der Waals surface area contributed by atoms with E-state index in [4.69, 9.17) is 4.42 Å². The smallest absolute Gasteiger partial charge is 0.321 e. The van der Waals surface area contributed by atoms with Crippen LogP contribution in [0.15, 0.2) is 28.7 Å². The minimum atomic E-state index is -0.484. The molecule has 1 fully saturated rings. The summed E-state index contributed by atoms with van der Waals surface area (Å²) in [5.74, 6) is 0.592. The van der Waals surface area contributed by atoms with Crippen LogP contribution in [0.3, 0.4) is 0 Å². The number of nitrogens with zero attached hydrogens (tertiary/aromatic N) is 2. The average molecular weight is 316 g/mol. The Morgan fingerprint density at radius 2 is 2.22 bits per heavy atom. The van der Waals surface area contributed by atoms with Crippen molar-refractivity contribution in [2.75, 3.05) is 26.7 Å². The molecular formula is C16H20N4O3. The lowest BCUT2D eigenvalue weighted by Crippen LogP contribution is -2.45. The number of aromatic nitrogens is 1. The molecule has 2 N–H and O–H groups in total. The summed E-state index contributed by atoms with van der Waals surface area (Å²) in [6.45, 7) is 1.73. The first-order valence-electron chi connectivity index (χ1n) is 7.75. The standard InChI is InChI=1S/C16H20N4O3/c1-17-16(22)19-14(21)10-20-8-4-5-11(9-20)15-18-12-6-2-3-7-13(12)23-15/h2-3,6-7,11H,4-5,8-10H2,1H3,(H2,17,19,21,22). The zero-order valence-corrected chi connectivity index (χ0v) is 13.0. The highest BCUT2D eigenvalue weighted by atomic mass is 16.3. The second-order valence-electron chi connectivity index (χ2n) is 5.72. The number of piperidine rings is 1. The van der Waals surface area contributed by atoms with E-state index in [-0.39, 0.29) is 18.4 Å². The number of urea groups is 1. The topological polar surface area (TPSA) is 87.5 Å². The van der Waals surface area contributed by atoms with E-state index in [1.54, 1.807) is 0 Å². The van der Waals surface area contributed by atoms with Gasteiger partial charge in [-0.15, -0.1) is 0 Å². The maximum Gasteiger partial charge on any atom is 0.321 e. The molecule has 1 aliphatic rings. The lowest BCUT2D eigenvalue weighted by Gasteiger charge is -2.30. The van der Waals surface area contributed by atoms with Gasteiger partial charge in [-0.1, -0.05) is 12.1 Å². The van der Waals surface area contributed by atoms with E-state index in [9.17, 15) is 9.59 Å². The largest absolute Gasteiger partial charge is 0.440 e. The molecule has 1 unspecified atom stereocenters. The minimum Gasteiger partial charge on any atom is -0.440 e.